The van der Waals surface area contributed by atoms with Gasteiger partial charge in [-0.25, -0.2) is 0 Å². The molecule has 6 rings (SSSR count). The number of piperidine rings is 1. The van der Waals surface area contributed by atoms with Gasteiger partial charge in [-0.15, -0.1) is 0 Å². The van der Waals surface area contributed by atoms with Crippen LogP contribution in [0.1, 0.15) is 61.3 Å². The van der Waals surface area contributed by atoms with Crippen molar-refractivity contribution in [2.45, 2.75) is 56.4 Å². The van der Waals surface area contributed by atoms with Crippen LogP contribution in [-0.2, 0) is 11.3 Å². The molecule has 2 nitrogen and oxygen atoms in total. The molecule has 0 saturated carbocycles. The Morgan fingerprint density at radius 2 is 1.46 bits per heavy atom. The molecule has 0 aromatic heterocycles. The lowest BCUT2D eigenvalue weighted by atomic mass is 9.91. The van der Waals surface area contributed by atoms with E-state index in [4.69, 9.17) is 5.87 Å². The standard InChI is InChI=1S/C34H40N2S/c1-4-20-34(32-16-9-7-14-30(32)31-15-8-10-17-33(31)34)37(3)24-11-21-35-22-18-28(19-23-35)36-25-27-12-5-6-13-29(27)26(36)2/h5-10,12-17,28H,2-4,11,18-25H2,1H3. The zero-order chi connectivity index (χ0) is 25.4. The van der Waals surface area contributed by atoms with Crippen LogP contribution in [0.25, 0.3) is 16.8 Å². The predicted octanol–water partition coefficient (Wildman–Crippen LogP) is 7.75. The van der Waals surface area contributed by atoms with E-state index in [1.54, 1.807) is 0 Å². The quantitative estimate of drug-likeness (QED) is 0.287. The zero-order valence-electron chi connectivity index (χ0n) is 22.3. The van der Waals surface area contributed by atoms with E-state index in [2.05, 4.69) is 96.1 Å². The minimum absolute atomic E-state index is 0.0361. The van der Waals surface area contributed by atoms with Crippen LogP contribution >= 0.6 is 10.5 Å². The van der Waals surface area contributed by atoms with E-state index in [0.29, 0.717) is 6.04 Å². The molecule has 0 amide bonds. The molecule has 0 radical (unpaired) electrons. The number of fused-ring (bicyclic) bond motifs is 4. The Bertz CT molecular complexity index is 1270. The summed E-state index contributed by atoms with van der Waals surface area (Å²) in [4.78, 5) is 5.27. The SMILES string of the molecule is C=C1c2ccccc2CN1C1CCN(CCCS(=C)C2(CCC)c3ccccc3-c3ccccc32)CC1. The molecule has 2 aliphatic heterocycles. The van der Waals surface area contributed by atoms with Crippen molar-refractivity contribution in [3.05, 3.63) is 102 Å². The Morgan fingerprint density at radius 3 is 2.08 bits per heavy atom. The molecule has 3 aromatic rings. The van der Waals surface area contributed by atoms with Gasteiger partial charge in [-0.3, -0.25) is 0 Å². The maximum atomic E-state index is 4.88. The number of hydrogen-bond donors (Lipinski definition) is 0. The molecule has 1 unspecified atom stereocenters. The Balaban J connectivity index is 1.08. The number of rotatable bonds is 8. The first kappa shape index (κ1) is 24.7. The molecule has 0 spiro atoms. The third-order valence-corrected chi connectivity index (χ3v) is 11.4. The van der Waals surface area contributed by atoms with Crippen molar-refractivity contribution < 1.29 is 0 Å². The molecule has 0 bridgehead atoms. The number of likely N-dealkylation sites (tertiary alicyclic amines) is 1. The maximum Gasteiger partial charge on any atom is 0.0614 e. The molecule has 1 saturated heterocycles. The molecule has 3 aromatic carbocycles. The summed E-state index contributed by atoms with van der Waals surface area (Å²) in [6.07, 6.45) is 6.07. The van der Waals surface area contributed by atoms with Gasteiger partial charge in [0.1, 0.15) is 0 Å². The van der Waals surface area contributed by atoms with Gasteiger partial charge in [-0.2, -0.15) is 10.5 Å². The summed E-state index contributed by atoms with van der Waals surface area (Å²) in [6.45, 7) is 11.4. The van der Waals surface area contributed by atoms with Gasteiger partial charge < -0.3 is 9.80 Å². The topological polar surface area (TPSA) is 6.48 Å². The first-order chi connectivity index (χ1) is 18.1. The fourth-order valence-electron chi connectivity index (χ4n) is 7.18. The molecular formula is C34H40N2S. The van der Waals surface area contributed by atoms with Crippen LogP contribution in [-0.4, -0.2) is 47.1 Å². The van der Waals surface area contributed by atoms with E-state index in [1.165, 1.54) is 96.6 Å². The molecule has 3 aliphatic rings. The molecule has 2 heterocycles. The molecule has 1 atom stereocenters. The summed E-state index contributed by atoms with van der Waals surface area (Å²) >= 11 is 0. The molecular weight excluding hydrogens is 468 g/mol. The van der Waals surface area contributed by atoms with Gasteiger partial charge in [0, 0.05) is 36.9 Å². The van der Waals surface area contributed by atoms with Gasteiger partial charge in [-0.1, -0.05) is 98.6 Å². The number of benzene rings is 3. The second kappa shape index (κ2) is 10.3. The van der Waals surface area contributed by atoms with Crippen LogP contribution in [0.4, 0.5) is 0 Å². The van der Waals surface area contributed by atoms with E-state index in [9.17, 15) is 0 Å². The highest BCUT2D eigenvalue weighted by Gasteiger charge is 2.43. The minimum atomic E-state index is 0.0361. The maximum absolute atomic E-state index is 4.88. The largest absolute Gasteiger partial charge is 0.364 e. The summed E-state index contributed by atoms with van der Waals surface area (Å²) in [5.41, 5.74) is 9.92. The third kappa shape index (κ3) is 4.21. The Kier molecular flexibility index (Phi) is 6.86. The van der Waals surface area contributed by atoms with Gasteiger partial charge in [-0.05, 0) is 65.8 Å². The van der Waals surface area contributed by atoms with E-state index >= 15 is 0 Å². The normalized spacial score (nSPS) is 19.5. The van der Waals surface area contributed by atoms with Crippen LogP contribution in [0.2, 0.25) is 0 Å². The first-order valence-corrected chi connectivity index (χ1v) is 15.7. The average molecular weight is 509 g/mol. The van der Waals surface area contributed by atoms with Crippen LogP contribution in [0, 0.1) is 0 Å². The molecule has 192 valence electrons. The lowest BCUT2D eigenvalue weighted by Gasteiger charge is -2.39. The Morgan fingerprint density at radius 1 is 0.865 bits per heavy atom. The third-order valence-electron chi connectivity index (χ3n) is 8.99. The first-order valence-electron chi connectivity index (χ1n) is 14.1. The minimum Gasteiger partial charge on any atom is -0.364 e. The van der Waals surface area contributed by atoms with Crippen molar-refractivity contribution in [3.63, 3.8) is 0 Å². The van der Waals surface area contributed by atoms with E-state index in [-0.39, 0.29) is 15.2 Å². The van der Waals surface area contributed by atoms with Gasteiger partial charge in [0.05, 0.1) is 4.75 Å². The zero-order valence-corrected chi connectivity index (χ0v) is 23.1. The second-order valence-electron chi connectivity index (χ2n) is 11.0. The molecule has 37 heavy (non-hydrogen) atoms. The van der Waals surface area contributed by atoms with E-state index < -0.39 is 0 Å². The summed E-state index contributed by atoms with van der Waals surface area (Å²) in [7, 11) is 0.0361. The van der Waals surface area contributed by atoms with Gasteiger partial charge in [0.2, 0.25) is 0 Å². The summed E-state index contributed by atoms with van der Waals surface area (Å²) < 4.78 is 0.0695. The van der Waals surface area contributed by atoms with Gasteiger partial charge in [0.25, 0.3) is 0 Å². The fourth-order valence-corrected chi connectivity index (χ4v) is 9.47. The van der Waals surface area contributed by atoms with Crippen molar-refractivity contribution in [2.75, 3.05) is 25.4 Å². The lowest BCUT2D eigenvalue weighted by Crippen LogP contribution is -2.42. The molecule has 1 fully saturated rings. The fraction of sp³-hybridized carbons (Fsp3) is 0.382. The monoisotopic (exact) mass is 508 g/mol. The van der Waals surface area contributed by atoms with Crippen molar-refractivity contribution >= 4 is 22.1 Å². The van der Waals surface area contributed by atoms with Crippen LogP contribution < -0.4 is 0 Å². The van der Waals surface area contributed by atoms with Crippen molar-refractivity contribution in [1.82, 2.24) is 9.80 Å². The van der Waals surface area contributed by atoms with Crippen LogP contribution in [0.5, 0.6) is 0 Å². The molecule has 3 heteroatoms. The van der Waals surface area contributed by atoms with E-state index in [1.807, 2.05) is 0 Å². The summed E-state index contributed by atoms with van der Waals surface area (Å²) in [5.74, 6) is 6.07. The van der Waals surface area contributed by atoms with Crippen LogP contribution in [0.15, 0.2) is 79.4 Å². The predicted molar refractivity (Wildman–Crippen MR) is 162 cm³/mol. The summed E-state index contributed by atoms with van der Waals surface area (Å²) in [6, 6.07) is 27.6. The van der Waals surface area contributed by atoms with Crippen molar-refractivity contribution in [2.24, 2.45) is 0 Å². The average Bonchev–Trinajstić information content (AvgIpc) is 3.43. The number of hydrogen-bond acceptors (Lipinski definition) is 2. The Hall–Kier alpha value is -2.62. The highest BCUT2D eigenvalue weighted by Crippen LogP contribution is 2.59. The van der Waals surface area contributed by atoms with Gasteiger partial charge >= 0.3 is 0 Å². The highest BCUT2D eigenvalue weighted by atomic mass is 32.2. The molecule has 1 aliphatic carbocycles. The van der Waals surface area contributed by atoms with Crippen LogP contribution in [0.3, 0.4) is 0 Å². The molecule has 0 N–H and O–H groups in total. The number of nitrogens with zero attached hydrogens (tertiary/aromatic N) is 2. The highest BCUT2D eigenvalue weighted by molar-refractivity contribution is 8.15. The van der Waals surface area contributed by atoms with Crippen molar-refractivity contribution in [1.29, 1.82) is 0 Å². The second-order valence-corrected chi connectivity index (χ2v) is 13.1. The van der Waals surface area contributed by atoms with Crippen molar-refractivity contribution in [3.8, 4) is 11.1 Å². The van der Waals surface area contributed by atoms with Gasteiger partial charge in [0.15, 0.2) is 0 Å². The summed E-state index contributed by atoms with van der Waals surface area (Å²) in [5, 5.41) is 0. The smallest absolute Gasteiger partial charge is 0.0614 e. The Labute approximate surface area is 225 Å². The lowest BCUT2D eigenvalue weighted by molar-refractivity contribution is 0.148. The van der Waals surface area contributed by atoms with E-state index in [0.717, 1.165) is 6.54 Å².